The van der Waals surface area contributed by atoms with Crippen LogP contribution in [0.3, 0.4) is 0 Å². The summed E-state index contributed by atoms with van der Waals surface area (Å²) in [6, 6.07) is 3.59. The van der Waals surface area contributed by atoms with Crippen molar-refractivity contribution in [2.24, 2.45) is 0 Å². The second kappa shape index (κ2) is 7.48. The van der Waals surface area contributed by atoms with Crippen LogP contribution in [0.2, 0.25) is 0 Å². The molecule has 0 atom stereocenters. The Morgan fingerprint density at radius 3 is 2.36 bits per heavy atom. The molecular formula is C12H18F2. The highest BCUT2D eigenvalue weighted by atomic mass is 19.1. The van der Waals surface area contributed by atoms with Crippen molar-refractivity contribution in [2.45, 2.75) is 40.0 Å². The Labute approximate surface area is 85.0 Å². The van der Waals surface area contributed by atoms with E-state index in [1.807, 2.05) is 20.8 Å². The lowest BCUT2D eigenvalue weighted by Gasteiger charge is -2.01. The number of unbranched alkanes of at least 4 members (excludes halogenated alkanes) is 1. The summed E-state index contributed by atoms with van der Waals surface area (Å²) in [4.78, 5) is 0. The molecule has 1 aromatic carbocycles. The first kappa shape index (κ1) is 13.1. The van der Waals surface area contributed by atoms with Crippen LogP contribution in [0.25, 0.3) is 0 Å². The Bertz CT molecular complexity index is 256. The molecule has 1 aromatic rings. The Kier molecular flexibility index (Phi) is 6.99. The summed E-state index contributed by atoms with van der Waals surface area (Å²) in [5.74, 6) is -0.660. The second-order valence-electron chi connectivity index (χ2n) is 2.84. The van der Waals surface area contributed by atoms with Crippen LogP contribution in [-0.4, -0.2) is 0 Å². The van der Waals surface area contributed by atoms with Crippen molar-refractivity contribution in [3.05, 3.63) is 35.4 Å². The van der Waals surface area contributed by atoms with Gasteiger partial charge in [0, 0.05) is 0 Å². The van der Waals surface area contributed by atoms with E-state index in [-0.39, 0.29) is 11.6 Å². The van der Waals surface area contributed by atoms with Gasteiger partial charge in [-0.1, -0.05) is 27.2 Å². The highest BCUT2D eigenvalue weighted by molar-refractivity contribution is 5.18. The third-order valence-electron chi connectivity index (χ3n) is 1.81. The van der Waals surface area contributed by atoms with Crippen molar-refractivity contribution < 1.29 is 8.78 Å². The third kappa shape index (κ3) is 4.35. The van der Waals surface area contributed by atoms with Crippen LogP contribution < -0.4 is 0 Å². The molecule has 0 aliphatic heterocycles. The Morgan fingerprint density at radius 2 is 1.79 bits per heavy atom. The number of halogens is 2. The number of benzene rings is 1. The van der Waals surface area contributed by atoms with Crippen molar-refractivity contribution in [3.8, 4) is 0 Å². The lowest BCUT2D eigenvalue weighted by Crippen LogP contribution is -1.91. The van der Waals surface area contributed by atoms with E-state index in [9.17, 15) is 8.78 Å². The molecule has 0 N–H and O–H groups in total. The maximum Gasteiger partial charge on any atom is 0.126 e. The first-order valence-corrected chi connectivity index (χ1v) is 5.18. The topological polar surface area (TPSA) is 0 Å². The summed E-state index contributed by atoms with van der Waals surface area (Å²) in [5.41, 5.74) is 0.483. The summed E-state index contributed by atoms with van der Waals surface area (Å²) in [6.07, 6.45) is 2.52. The molecule has 0 heterocycles. The van der Waals surface area contributed by atoms with E-state index >= 15 is 0 Å². The standard InChI is InChI=1S/C10H12F2.C2H6/c1-2-3-4-8-7-9(11)5-6-10(8)12;1-2/h5-7H,2-4H2,1H3;1-2H3. The van der Waals surface area contributed by atoms with Crippen LogP contribution in [0.5, 0.6) is 0 Å². The average molecular weight is 200 g/mol. The average Bonchev–Trinajstić information content (AvgIpc) is 2.22. The van der Waals surface area contributed by atoms with Crippen LogP contribution in [0.15, 0.2) is 18.2 Å². The molecule has 0 unspecified atom stereocenters. The lowest BCUT2D eigenvalue weighted by atomic mass is 10.1. The molecule has 80 valence electrons. The minimum absolute atomic E-state index is 0.301. The summed E-state index contributed by atoms with van der Waals surface area (Å²) in [5, 5.41) is 0. The number of hydrogen-bond donors (Lipinski definition) is 0. The van der Waals surface area contributed by atoms with E-state index in [1.54, 1.807) is 0 Å². The zero-order chi connectivity index (χ0) is 11.0. The maximum absolute atomic E-state index is 12.9. The van der Waals surface area contributed by atoms with Gasteiger partial charge in [0.2, 0.25) is 0 Å². The molecule has 0 saturated heterocycles. The van der Waals surface area contributed by atoms with E-state index < -0.39 is 0 Å². The molecule has 1 rings (SSSR count). The Balaban J connectivity index is 0.000000791. The van der Waals surface area contributed by atoms with Crippen molar-refractivity contribution in [2.75, 3.05) is 0 Å². The normalized spacial score (nSPS) is 9.21. The molecule has 2 heteroatoms. The zero-order valence-corrected chi connectivity index (χ0v) is 9.11. The molecule has 0 aliphatic carbocycles. The first-order valence-electron chi connectivity index (χ1n) is 5.18. The molecule has 0 spiro atoms. The predicted molar refractivity (Wildman–Crippen MR) is 56.3 cm³/mol. The monoisotopic (exact) mass is 200 g/mol. The Hall–Kier alpha value is -0.920. The van der Waals surface area contributed by atoms with Gasteiger partial charge in [-0.3, -0.25) is 0 Å². The largest absolute Gasteiger partial charge is 0.207 e. The van der Waals surface area contributed by atoms with Gasteiger partial charge in [-0.2, -0.15) is 0 Å². The molecule has 0 aliphatic rings. The fourth-order valence-electron chi connectivity index (χ4n) is 1.10. The van der Waals surface area contributed by atoms with Gasteiger partial charge < -0.3 is 0 Å². The van der Waals surface area contributed by atoms with Gasteiger partial charge in [-0.25, -0.2) is 8.78 Å². The molecule has 14 heavy (non-hydrogen) atoms. The fraction of sp³-hybridized carbons (Fsp3) is 0.500. The van der Waals surface area contributed by atoms with Gasteiger partial charge in [0.25, 0.3) is 0 Å². The smallest absolute Gasteiger partial charge is 0.126 e. The highest BCUT2D eigenvalue weighted by Crippen LogP contribution is 2.12. The molecule has 0 bridgehead atoms. The third-order valence-corrected chi connectivity index (χ3v) is 1.81. The molecule has 0 aromatic heterocycles. The van der Waals surface area contributed by atoms with E-state index in [0.29, 0.717) is 12.0 Å². The highest BCUT2D eigenvalue weighted by Gasteiger charge is 2.02. The van der Waals surface area contributed by atoms with Crippen LogP contribution in [-0.2, 0) is 6.42 Å². The molecule has 0 amide bonds. The number of hydrogen-bond acceptors (Lipinski definition) is 0. The molecule has 0 radical (unpaired) electrons. The summed E-state index contributed by atoms with van der Waals surface area (Å²) in [7, 11) is 0. The van der Waals surface area contributed by atoms with Crippen LogP contribution in [0.4, 0.5) is 8.78 Å². The van der Waals surface area contributed by atoms with E-state index in [1.165, 1.54) is 12.1 Å². The summed E-state index contributed by atoms with van der Waals surface area (Å²) >= 11 is 0. The van der Waals surface area contributed by atoms with Crippen LogP contribution >= 0.6 is 0 Å². The van der Waals surface area contributed by atoms with Gasteiger partial charge in [-0.05, 0) is 36.6 Å². The van der Waals surface area contributed by atoms with Gasteiger partial charge in [0.05, 0.1) is 0 Å². The van der Waals surface area contributed by atoms with E-state index in [0.717, 1.165) is 18.9 Å². The van der Waals surface area contributed by atoms with Crippen molar-refractivity contribution >= 4 is 0 Å². The maximum atomic E-state index is 12.9. The van der Waals surface area contributed by atoms with Crippen molar-refractivity contribution in [3.63, 3.8) is 0 Å². The predicted octanol–water partition coefficient (Wildman–Crippen LogP) is 4.33. The van der Waals surface area contributed by atoms with Gasteiger partial charge in [0.15, 0.2) is 0 Å². The zero-order valence-electron chi connectivity index (χ0n) is 9.11. The van der Waals surface area contributed by atoms with E-state index in [2.05, 4.69) is 0 Å². The van der Waals surface area contributed by atoms with Crippen LogP contribution in [0, 0.1) is 11.6 Å². The molecule has 0 fully saturated rings. The fourth-order valence-corrected chi connectivity index (χ4v) is 1.10. The second-order valence-corrected chi connectivity index (χ2v) is 2.84. The van der Waals surface area contributed by atoms with Crippen molar-refractivity contribution in [1.82, 2.24) is 0 Å². The lowest BCUT2D eigenvalue weighted by molar-refractivity contribution is 0.580. The van der Waals surface area contributed by atoms with E-state index in [4.69, 9.17) is 0 Å². The van der Waals surface area contributed by atoms with Crippen molar-refractivity contribution in [1.29, 1.82) is 0 Å². The van der Waals surface area contributed by atoms with Gasteiger partial charge in [0.1, 0.15) is 11.6 Å². The minimum Gasteiger partial charge on any atom is -0.207 e. The molecular weight excluding hydrogens is 182 g/mol. The van der Waals surface area contributed by atoms with Crippen LogP contribution in [0.1, 0.15) is 39.2 Å². The van der Waals surface area contributed by atoms with Gasteiger partial charge in [-0.15, -0.1) is 0 Å². The molecule has 0 nitrogen and oxygen atoms in total. The quantitative estimate of drug-likeness (QED) is 0.681. The number of rotatable bonds is 3. The summed E-state index contributed by atoms with van der Waals surface area (Å²) in [6.45, 7) is 6.03. The number of aryl methyl sites for hydroxylation is 1. The SMILES string of the molecule is CC.CCCCc1cc(F)ccc1F. The first-order chi connectivity index (χ1) is 6.74. The van der Waals surface area contributed by atoms with Gasteiger partial charge >= 0.3 is 0 Å². The summed E-state index contributed by atoms with van der Waals surface area (Å²) < 4.78 is 25.5. The minimum atomic E-state index is -0.359. The molecule has 0 saturated carbocycles. The Morgan fingerprint density at radius 1 is 1.14 bits per heavy atom.